The van der Waals surface area contributed by atoms with Crippen molar-refractivity contribution in [1.29, 1.82) is 0 Å². The van der Waals surface area contributed by atoms with Gasteiger partial charge >= 0.3 is 0 Å². The molecule has 0 aliphatic carbocycles. The molecule has 0 spiro atoms. The zero-order chi connectivity index (χ0) is 12.3. The van der Waals surface area contributed by atoms with Crippen LogP contribution >= 0.6 is 12.4 Å². The summed E-state index contributed by atoms with van der Waals surface area (Å²) >= 11 is 0. The molecule has 1 heterocycles. The normalized spacial score (nSPS) is 10.6. The van der Waals surface area contributed by atoms with Gasteiger partial charge in [-0.2, -0.15) is 0 Å². The maximum atomic E-state index is 9.71. The molecule has 18 heavy (non-hydrogen) atoms. The van der Waals surface area contributed by atoms with Gasteiger partial charge < -0.3 is 9.84 Å². The first-order valence-electron chi connectivity index (χ1n) is 5.82. The van der Waals surface area contributed by atoms with E-state index >= 15 is 0 Å². The van der Waals surface area contributed by atoms with E-state index in [1.807, 2.05) is 24.3 Å². The highest BCUT2D eigenvalue weighted by atomic mass is 35.5. The van der Waals surface area contributed by atoms with Gasteiger partial charge in [-0.1, -0.05) is 32.0 Å². The van der Waals surface area contributed by atoms with Gasteiger partial charge in [-0.3, -0.25) is 0 Å². The van der Waals surface area contributed by atoms with E-state index in [0.29, 0.717) is 18.0 Å². The number of benzene rings is 1. The summed E-state index contributed by atoms with van der Waals surface area (Å²) < 4.78 is 5.53. The van der Waals surface area contributed by atoms with E-state index in [1.54, 1.807) is 6.07 Å². The van der Waals surface area contributed by atoms with Gasteiger partial charge in [0.15, 0.2) is 0 Å². The Morgan fingerprint density at radius 3 is 2.72 bits per heavy atom. The molecule has 1 aromatic carbocycles. The highest BCUT2D eigenvalue weighted by molar-refractivity contribution is 5.85. The molecular formula is C14H18ClNO2. The zero-order valence-corrected chi connectivity index (χ0v) is 11.4. The third kappa shape index (κ3) is 3.59. The lowest BCUT2D eigenvalue weighted by atomic mass is 10.2. The number of hydrogen-bond acceptors (Lipinski definition) is 3. The number of hydrogen-bond donors (Lipinski definition) is 1. The van der Waals surface area contributed by atoms with Crippen molar-refractivity contribution in [1.82, 2.24) is 4.98 Å². The van der Waals surface area contributed by atoms with Crippen LogP contribution in [-0.2, 0) is 11.3 Å². The fraction of sp³-hybridized carbons (Fsp3) is 0.357. The number of phenols is 1. The molecule has 0 fully saturated rings. The van der Waals surface area contributed by atoms with E-state index in [9.17, 15) is 5.11 Å². The Bertz CT molecular complexity index is 514. The molecule has 0 amide bonds. The quantitative estimate of drug-likeness (QED) is 0.921. The van der Waals surface area contributed by atoms with Crippen molar-refractivity contribution in [3.63, 3.8) is 0 Å². The van der Waals surface area contributed by atoms with Gasteiger partial charge in [-0.15, -0.1) is 12.4 Å². The van der Waals surface area contributed by atoms with Gasteiger partial charge in [0.25, 0.3) is 0 Å². The Kier molecular flexibility index (Phi) is 5.38. The SMILES string of the molecule is CC(C)COCc1ccc2cccc(O)c2n1.Cl. The summed E-state index contributed by atoms with van der Waals surface area (Å²) in [6.45, 7) is 5.43. The Morgan fingerprint density at radius 2 is 2.00 bits per heavy atom. The van der Waals surface area contributed by atoms with Crippen molar-refractivity contribution in [2.75, 3.05) is 6.61 Å². The van der Waals surface area contributed by atoms with Crippen LogP contribution in [0.2, 0.25) is 0 Å². The third-order valence-corrected chi connectivity index (χ3v) is 2.46. The lowest BCUT2D eigenvalue weighted by molar-refractivity contribution is 0.0950. The van der Waals surface area contributed by atoms with E-state index in [4.69, 9.17) is 4.74 Å². The molecule has 4 heteroatoms. The fourth-order valence-corrected chi connectivity index (χ4v) is 1.65. The van der Waals surface area contributed by atoms with Gasteiger partial charge in [0, 0.05) is 12.0 Å². The average Bonchev–Trinajstić information content (AvgIpc) is 2.30. The van der Waals surface area contributed by atoms with Gasteiger partial charge in [0.1, 0.15) is 11.3 Å². The van der Waals surface area contributed by atoms with Crippen LogP contribution in [0.5, 0.6) is 5.75 Å². The Labute approximate surface area is 113 Å². The largest absolute Gasteiger partial charge is 0.506 e. The molecule has 3 nitrogen and oxygen atoms in total. The lowest BCUT2D eigenvalue weighted by Gasteiger charge is -2.07. The standard InChI is InChI=1S/C14H17NO2.ClH/c1-10(2)8-17-9-12-7-6-11-4-3-5-13(16)14(11)15-12;/h3-7,10,16H,8-9H2,1-2H3;1H. The van der Waals surface area contributed by atoms with Crippen molar-refractivity contribution in [2.45, 2.75) is 20.5 Å². The second-order valence-corrected chi connectivity index (χ2v) is 4.56. The van der Waals surface area contributed by atoms with Crippen LogP contribution in [0.25, 0.3) is 10.9 Å². The molecule has 0 aliphatic rings. The Balaban J connectivity index is 0.00000162. The number of para-hydroxylation sites is 1. The minimum atomic E-state index is 0. The molecule has 0 bridgehead atoms. The number of aromatic hydroxyl groups is 1. The molecule has 0 saturated carbocycles. The first-order valence-corrected chi connectivity index (χ1v) is 5.82. The predicted octanol–water partition coefficient (Wildman–Crippen LogP) is 3.53. The zero-order valence-electron chi connectivity index (χ0n) is 10.6. The number of pyridine rings is 1. The van der Waals surface area contributed by atoms with Crippen LogP contribution in [0.3, 0.4) is 0 Å². The summed E-state index contributed by atoms with van der Waals surface area (Å²) in [5, 5.41) is 10.6. The third-order valence-electron chi connectivity index (χ3n) is 2.46. The van der Waals surface area contributed by atoms with E-state index < -0.39 is 0 Å². The van der Waals surface area contributed by atoms with Crippen molar-refractivity contribution in [3.05, 3.63) is 36.0 Å². The van der Waals surface area contributed by atoms with E-state index in [0.717, 1.165) is 17.7 Å². The van der Waals surface area contributed by atoms with E-state index in [2.05, 4.69) is 18.8 Å². The summed E-state index contributed by atoms with van der Waals surface area (Å²) in [6.07, 6.45) is 0. The predicted molar refractivity (Wildman–Crippen MR) is 75.1 cm³/mol. The Hall–Kier alpha value is -1.32. The van der Waals surface area contributed by atoms with Crippen LogP contribution < -0.4 is 0 Å². The monoisotopic (exact) mass is 267 g/mol. The molecule has 1 N–H and O–H groups in total. The molecule has 2 aromatic rings. The maximum absolute atomic E-state index is 9.71. The molecule has 98 valence electrons. The molecule has 0 radical (unpaired) electrons. The molecule has 0 saturated heterocycles. The average molecular weight is 268 g/mol. The van der Waals surface area contributed by atoms with Crippen molar-refractivity contribution in [3.8, 4) is 5.75 Å². The minimum absolute atomic E-state index is 0. The van der Waals surface area contributed by atoms with Crippen LogP contribution in [-0.4, -0.2) is 16.7 Å². The van der Waals surface area contributed by atoms with Crippen LogP contribution in [0, 0.1) is 5.92 Å². The highest BCUT2D eigenvalue weighted by Gasteiger charge is 2.03. The number of rotatable bonds is 4. The summed E-state index contributed by atoms with van der Waals surface area (Å²) in [5.41, 5.74) is 1.48. The van der Waals surface area contributed by atoms with Crippen molar-refractivity contribution in [2.24, 2.45) is 5.92 Å². The second kappa shape index (κ2) is 6.57. The molecule has 0 aliphatic heterocycles. The van der Waals surface area contributed by atoms with Crippen LogP contribution in [0.15, 0.2) is 30.3 Å². The number of aromatic nitrogens is 1. The van der Waals surface area contributed by atoms with Crippen LogP contribution in [0.1, 0.15) is 19.5 Å². The lowest BCUT2D eigenvalue weighted by Crippen LogP contribution is -2.03. The van der Waals surface area contributed by atoms with E-state index in [1.165, 1.54) is 0 Å². The first kappa shape index (κ1) is 14.7. The number of nitrogens with zero attached hydrogens (tertiary/aromatic N) is 1. The minimum Gasteiger partial charge on any atom is -0.506 e. The molecule has 2 rings (SSSR count). The molecule has 0 unspecified atom stereocenters. The van der Waals surface area contributed by atoms with Gasteiger partial charge in [0.05, 0.1) is 12.3 Å². The van der Waals surface area contributed by atoms with E-state index in [-0.39, 0.29) is 18.2 Å². The molecule has 1 aromatic heterocycles. The second-order valence-electron chi connectivity index (χ2n) is 4.56. The van der Waals surface area contributed by atoms with Crippen molar-refractivity contribution >= 4 is 23.3 Å². The summed E-state index contributed by atoms with van der Waals surface area (Å²) in [4.78, 5) is 4.40. The number of fused-ring (bicyclic) bond motifs is 1. The summed E-state index contributed by atoms with van der Waals surface area (Å²) in [5.74, 6) is 0.733. The van der Waals surface area contributed by atoms with Gasteiger partial charge in [0.2, 0.25) is 0 Å². The van der Waals surface area contributed by atoms with Crippen molar-refractivity contribution < 1.29 is 9.84 Å². The summed E-state index contributed by atoms with van der Waals surface area (Å²) in [6, 6.07) is 9.28. The highest BCUT2D eigenvalue weighted by Crippen LogP contribution is 2.22. The maximum Gasteiger partial charge on any atom is 0.141 e. The molecule has 0 atom stereocenters. The Morgan fingerprint density at radius 1 is 1.22 bits per heavy atom. The number of ether oxygens (including phenoxy) is 1. The van der Waals surface area contributed by atoms with Crippen LogP contribution in [0.4, 0.5) is 0 Å². The smallest absolute Gasteiger partial charge is 0.141 e. The fourth-order valence-electron chi connectivity index (χ4n) is 1.65. The number of phenolic OH excluding ortho intramolecular Hbond substituents is 1. The summed E-state index contributed by atoms with van der Waals surface area (Å²) in [7, 11) is 0. The van der Waals surface area contributed by atoms with Gasteiger partial charge in [-0.05, 0) is 18.1 Å². The van der Waals surface area contributed by atoms with Gasteiger partial charge in [-0.25, -0.2) is 4.98 Å². The number of halogens is 1. The first-order chi connectivity index (χ1) is 8.16. The topological polar surface area (TPSA) is 42.4 Å². The molecular weight excluding hydrogens is 250 g/mol.